The molecular weight excluding hydrogens is 266 g/mol. The molecule has 0 unspecified atom stereocenters. The van der Waals surface area contributed by atoms with E-state index in [0.717, 1.165) is 12.0 Å². The third-order valence-electron chi connectivity index (χ3n) is 3.30. The largest absolute Gasteiger partial charge is 0.493 e. The highest BCUT2D eigenvalue weighted by molar-refractivity contribution is 5.79. The normalized spacial score (nSPS) is 11.6. The van der Waals surface area contributed by atoms with Crippen LogP contribution in [0.5, 0.6) is 11.5 Å². The van der Waals surface area contributed by atoms with Crippen molar-refractivity contribution in [2.45, 2.75) is 26.2 Å². The molecule has 0 radical (unpaired) electrons. The Hall–Kier alpha value is -1.97. The van der Waals surface area contributed by atoms with E-state index in [1.807, 2.05) is 25.1 Å². The molecule has 0 bridgehead atoms. The molecule has 0 fully saturated rings. The highest BCUT2D eigenvalue weighted by Crippen LogP contribution is 2.28. The summed E-state index contributed by atoms with van der Waals surface area (Å²) in [6.45, 7) is 6.49. The van der Waals surface area contributed by atoms with E-state index in [0.29, 0.717) is 30.9 Å². The maximum atomic E-state index is 12.2. The Morgan fingerprint density at radius 1 is 1.33 bits per heavy atom. The number of carbonyl (C=O) groups is 1. The number of benzene rings is 1. The topological polar surface area (TPSA) is 47.6 Å². The molecule has 1 aromatic carbocycles. The summed E-state index contributed by atoms with van der Waals surface area (Å²) in [5.41, 5.74) is 1.05. The van der Waals surface area contributed by atoms with Gasteiger partial charge in [0.05, 0.1) is 14.2 Å². The third kappa shape index (κ3) is 5.14. The molecule has 116 valence electrons. The van der Waals surface area contributed by atoms with Gasteiger partial charge < -0.3 is 14.8 Å². The van der Waals surface area contributed by atoms with Crippen molar-refractivity contribution in [1.82, 2.24) is 5.32 Å². The summed E-state index contributed by atoms with van der Waals surface area (Å²) in [7, 11) is 3.22. The average Bonchev–Trinajstić information content (AvgIpc) is 2.51. The van der Waals surface area contributed by atoms with Crippen LogP contribution in [-0.4, -0.2) is 26.7 Å². The fourth-order valence-electron chi connectivity index (χ4n) is 2.17. The molecule has 0 saturated carbocycles. The molecule has 0 heterocycles. The number of hydrogen-bond donors (Lipinski definition) is 1. The summed E-state index contributed by atoms with van der Waals surface area (Å²) >= 11 is 0. The number of ether oxygens (including phenoxy) is 2. The Balaban J connectivity index is 2.83. The highest BCUT2D eigenvalue weighted by Gasteiger charge is 2.18. The number of amides is 1. The van der Waals surface area contributed by atoms with E-state index in [4.69, 9.17) is 9.47 Å². The molecule has 0 aliphatic carbocycles. The zero-order chi connectivity index (χ0) is 15.7. The van der Waals surface area contributed by atoms with Crippen LogP contribution in [-0.2, 0) is 11.2 Å². The highest BCUT2D eigenvalue weighted by atomic mass is 16.5. The third-order valence-corrected chi connectivity index (χ3v) is 3.30. The standard InChI is InChI=1S/C17H25NO3/c1-5-7-14(17(19)18-10-6-2)11-13-8-9-15(20-3)16(12-13)21-4/h5,8-9,12,14H,1,6-7,10-11H2,2-4H3,(H,18,19)/t14-/m0/s1. The van der Waals surface area contributed by atoms with Gasteiger partial charge in [0.15, 0.2) is 11.5 Å². The van der Waals surface area contributed by atoms with E-state index in [9.17, 15) is 4.79 Å². The van der Waals surface area contributed by atoms with Crippen molar-refractivity contribution in [3.05, 3.63) is 36.4 Å². The van der Waals surface area contributed by atoms with Crippen LogP contribution in [0.25, 0.3) is 0 Å². The second-order valence-corrected chi connectivity index (χ2v) is 4.91. The zero-order valence-corrected chi connectivity index (χ0v) is 13.1. The van der Waals surface area contributed by atoms with Gasteiger partial charge in [-0.3, -0.25) is 4.79 Å². The SMILES string of the molecule is C=CC[C@@H](Cc1ccc(OC)c(OC)c1)C(=O)NCCC. The first-order chi connectivity index (χ1) is 10.2. The summed E-state index contributed by atoms with van der Waals surface area (Å²) in [5, 5.41) is 2.95. The molecule has 0 aromatic heterocycles. The molecular formula is C17H25NO3. The number of nitrogens with one attached hydrogen (secondary N) is 1. The van der Waals surface area contributed by atoms with Gasteiger partial charge in [0, 0.05) is 12.5 Å². The molecule has 21 heavy (non-hydrogen) atoms. The average molecular weight is 291 g/mol. The lowest BCUT2D eigenvalue weighted by atomic mass is 9.95. The molecule has 0 spiro atoms. The fourth-order valence-corrected chi connectivity index (χ4v) is 2.17. The first kappa shape index (κ1) is 17.1. The summed E-state index contributed by atoms with van der Waals surface area (Å²) in [5.74, 6) is 1.34. The summed E-state index contributed by atoms with van der Waals surface area (Å²) < 4.78 is 10.5. The molecule has 0 saturated heterocycles. The molecule has 4 heteroatoms. The Bertz CT molecular complexity index is 471. The van der Waals surface area contributed by atoms with Crippen LogP contribution in [0, 0.1) is 5.92 Å². The van der Waals surface area contributed by atoms with Crippen LogP contribution >= 0.6 is 0 Å². The van der Waals surface area contributed by atoms with Crippen molar-refractivity contribution in [2.24, 2.45) is 5.92 Å². The molecule has 1 amide bonds. The van der Waals surface area contributed by atoms with Crippen molar-refractivity contribution in [3.63, 3.8) is 0 Å². The minimum Gasteiger partial charge on any atom is -0.493 e. The zero-order valence-electron chi connectivity index (χ0n) is 13.1. The smallest absolute Gasteiger partial charge is 0.223 e. The number of carbonyl (C=O) groups excluding carboxylic acids is 1. The lowest BCUT2D eigenvalue weighted by molar-refractivity contribution is -0.124. The molecule has 1 aromatic rings. The van der Waals surface area contributed by atoms with Crippen molar-refractivity contribution in [3.8, 4) is 11.5 Å². The van der Waals surface area contributed by atoms with Crippen LogP contribution in [0.15, 0.2) is 30.9 Å². The predicted molar refractivity (Wildman–Crippen MR) is 84.9 cm³/mol. The van der Waals surface area contributed by atoms with E-state index < -0.39 is 0 Å². The summed E-state index contributed by atoms with van der Waals surface area (Å²) in [6, 6.07) is 5.75. The molecule has 4 nitrogen and oxygen atoms in total. The van der Waals surface area contributed by atoms with Gasteiger partial charge in [-0.25, -0.2) is 0 Å². The van der Waals surface area contributed by atoms with Gasteiger partial charge in [0.2, 0.25) is 5.91 Å². The van der Waals surface area contributed by atoms with Crippen LogP contribution in [0.1, 0.15) is 25.3 Å². The van der Waals surface area contributed by atoms with Crippen LogP contribution in [0.3, 0.4) is 0 Å². The summed E-state index contributed by atoms with van der Waals surface area (Å²) in [6.07, 6.45) is 4.03. The van der Waals surface area contributed by atoms with Gasteiger partial charge in [0.25, 0.3) is 0 Å². The van der Waals surface area contributed by atoms with E-state index in [1.54, 1.807) is 20.3 Å². The van der Waals surface area contributed by atoms with Crippen LogP contribution in [0.2, 0.25) is 0 Å². The first-order valence-electron chi connectivity index (χ1n) is 7.25. The number of allylic oxidation sites excluding steroid dienone is 1. The predicted octanol–water partition coefficient (Wildman–Crippen LogP) is 2.96. The molecule has 1 N–H and O–H groups in total. The quantitative estimate of drug-likeness (QED) is 0.712. The van der Waals surface area contributed by atoms with E-state index in [2.05, 4.69) is 11.9 Å². The van der Waals surface area contributed by atoms with Gasteiger partial charge >= 0.3 is 0 Å². The van der Waals surface area contributed by atoms with Gasteiger partial charge in [-0.2, -0.15) is 0 Å². The van der Waals surface area contributed by atoms with Crippen LogP contribution < -0.4 is 14.8 Å². The maximum absolute atomic E-state index is 12.2. The Labute approximate surface area is 127 Å². The Morgan fingerprint density at radius 2 is 2.05 bits per heavy atom. The number of methoxy groups -OCH3 is 2. The monoisotopic (exact) mass is 291 g/mol. The van der Waals surface area contributed by atoms with Crippen molar-refractivity contribution in [2.75, 3.05) is 20.8 Å². The molecule has 1 atom stereocenters. The van der Waals surface area contributed by atoms with Gasteiger partial charge in [-0.1, -0.05) is 19.1 Å². The van der Waals surface area contributed by atoms with Gasteiger partial charge in [-0.15, -0.1) is 6.58 Å². The molecule has 0 aliphatic heterocycles. The lowest BCUT2D eigenvalue weighted by Gasteiger charge is -2.16. The second-order valence-electron chi connectivity index (χ2n) is 4.91. The van der Waals surface area contributed by atoms with E-state index >= 15 is 0 Å². The van der Waals surface area contributed by atoms with E-state index in [1.165, 1.54) is 0 Å². The minimum absolute atomic E-state index is 0.0755. The molecule has 1 rings (SSSR count). The fraction of sp³-hybridized carbons (Fsp3) is 0.471. The van der Waals surface area contributed by atoms with Crippen LogP contribution in [0.4, 0.5) is 0 Å². The van der Waals surface area contributed by atoms with Crippen molar-refractivity contribution < 1.29 is 14.3 Å². The summed E-state index contributed by atoms with van der Waals surface area (Å²) in [4.78, 5) is 12.2. The molecule has 0 aliphatic rings. The number of hydrogen-bond acceptors (Lipinski definition) is 3. The van der Waals surface area contributed by atoms with Crippen molar-refractivity contribution in [1.29, 1.82) is 0 Å². The van der Waals surface area contributed by atoms with Gasteiger partial charge in [-0.05, 0) is 37.0 Å². The lowest BCUT2D eigenvalue weighted by Crippen LogP contribution is -2.32. The van der Waals surface area contributed by atoms with E-state index in [-0.39, 0.29) is 11.8 Å². The maximum Gasteiger partial charge on any atom is 0.223 e. The second kappa shape index (κ2) is 9.06. The Morgan fingerprint density at radius 3 is 2.62 bits per heavy atom. The van der Waals surface area contributed by atoms with Gasteiger partial charge in [0.1, 0.15) is 0 Å². The number of rotatable bonds is 9. The Kier molecular flexibility index (Phi) is 7.37. The first-order valence-corrected chi connectivity index (χ1v) is 7.25. The van der Waals surface area contributed by atoms with Crippen molar-refractivity contribution >= 4 is 5.91 Å². The minimum atomic E-state index is -0.104.